The summed E-state index contributed by atoms with van der Waals surface area (Å²) in [6.45, 7) is 1.11. The van der Waals surface area contributed by atoms with E-state index in [9.17, 15) is 14.4 Å². The first kappa shape index (κ1) is 14.9. The summed E-state index contributed by atoms with van der Waals surface area (Å²) in [5, 5.41) is -0.158. The second kappa shape index (κ2) is 5.98. The Kier molecular flexibility index (Phi) is 4.24. The molecule has 1 aromatic heterocycles. The number of amides is 3. The molecule has 112 valence electrons. The maximum Gasteiger partial charge on any atom is 0.289 e. The van der Waals surface area contributed by atoms with Crippen LogP contribution in [0.1, 0.15) is 22.5 Å². The van der Waals surface area contributed by atoms with Gasteiger partial charge < -0.3 is 4.90 Å². The van der Waals surface area contributed by atoms with Crippen LogP contribution < -0.4 is 0 Å². The van der Waals surface area contributed by atoms with Crippen LogP contribution in [-0.4, -0.2) is 51.7 Å². The molecule has 2 aliphatic heterocycles. The van der Waals surface area contributed by atoms with Crippen LogP contribution in [0.3, 0.4) is 0 Å². The van der Waals surface area contributed by atoms with Gasteiger partial charge >= 0.3 is 0 Å². The minimum Gasteiger partial charge on any atom is -0.338 e. The molecule has 3 amide bonds. The minimum atomic E-state index is -0.158. The molecule has 1 aromatic rings. The van der Waals surface area contributed by atoms with Gasteiger partial charge in [0, 0.05) is 19.1 Å². The van der Waals surface area contributed by atoms with Crippen LogP contribution in [0.25, 0.3) is 0 Å². The van der Waals surface area contributed by atoms with Crippen LogP contribution in [0.4, 0.5) is 4.79 Å². The average molecular weight is 345 g/mol. The predicted molar refractivity (Wildman–Crippen MR) is 83.0 cm³/mol. The Morgan fingerprint density at radius 1 is 1.24 bits per heavy atom. The van der Waals surface area contributed by atoms with Crippen molar-refractivity contribution in [2.24, 2.45) is 0 Å². The highest BCUT2D eigenvalue weighted by molar-refractivity contribution is 8.14. The van der Waals surface area contributed by atoms with Crippen molar-refractivity contribution >= 4 is 51.8 Å². The Hall–Kier alpha value is -1.05. The van der Waals surface area contributed by atoms with E-state index in [0.717, 1.165) is 11.8 Å². The van der Waals surface area contributed by atoms with Gasteiger partial charge in [-0.15, -0.1) is 11.3 Å². The smallest absolute Gasteiger partial charge is 0.289 e. The summed E-state index contributed by atoms with van der Waals surface area (Å²) in [7, 11) is 0. The van der Waals surface area contributed by atoms with Crippen LogP contribution in [0.2, 0.25) is 4.34 Å². The summed E-state index contributed by atoms with van der Waals surface area (Å²) >= 11 is 8.17. The summed E-state index contributed by atoms with van der Waals surface area (Å²) in [4.78, 5) is 39.5. The summed E-state index contributed by atoms with van der Waals surface area (Å²) < 4.78 is 0.596. The van der Waals surface area contributed by atoms with Crippen LogP contribution in [0.15, 0.2) is 12.1 Å². The van der Waals surface area contributed by atoms with Gasteiger partial charge in [0.05, 0.1) is 15.0 Å². The number of likely N-dealkylation sites (tertiary alicyclic amines) is 1. The second-order valence-corrected chi connectivity index (χ2v) is 7.59. The standard InChI is InChI=1S/C13H13ClN2O3S2/c14-10-2-1-9(21-10)12(18)15-5-3-8(4-6-15)16-11(17)7-20-13(16)19/h1-2,8H,3-7H2. The van der Waals surface area contributed by atoms with Crippen molar-refractivity contribution in [2.75, 3.05) is 18.8 Å². The lowest BCUT2D eigenvalue weighted by atomic mass is 10.0. The zero-order valence-electron chi connectivity index (χ0n) is 11.1. The van der Waals surface area contributed by atoms with Gasteiger partial charge in [-0.3, -0.25) is 19.3 Å². The lowest BCUT2D eigenvalue weighted by Crippen LogP contribution is -2.48. The van der Waals surface area contributed by atoms with E-state index in [-0.39, 0.29) is 28.8 Å². The molecule has 0 aromatic carbocycles. The average Bonchev–Trinajstić information content (AvgIpc) is 3.05. The topological polar surface area (TPSA) is 57.7 Å². The highest BCUT2D eigenvalue weighted by atomic mass is 35.5. The molecule has 0 saturated carbocycles. The highest BCUT2D eigenvalue weighted by Gasteiger charge is 2.38. The van der Waals surface area contributed by atoms with Crippen molar-refractivity contribution in [3.05, 3.63) is 21.3 Å². The Labute approximate surface area is 135 Å². The molecule has 2 fully saturated rings. The van der Waals surface area contributed by atoms with E-state index in [2.05, 4.69) is 0 Å². The van der Waals surface area contributed by atoms with E-state index < -0.39 is 0 Å². The maximum atomic E-state index is 12.3. The molecule has 3 rings (SSSR count). The van der Waals surface area contributed by atoms with Crippen molar-refractivity contribution in [1.82, 2.24) is 9.80 Å². The van der Waals surface area contributed by atoms with Crippen molar-refractivity contribution in [3.8, 4) is 0 Å². The molecule has 0 N–H and O–H groups in total. The second-order valence-electron chi connectivity index (χ2n) is 4.95. The number of carbonyl (C=O) groups is 3. The number of halogens is 1. The van der Waals surface area contributed by atoms with Gasteiger partial charge in [0.2, 0.25) is 5.91 Å². The highest BCUT2D eigenvalue weighted by Crippen LogP contribution is 2.28. The fraction of sp³-hybridized carbons (Fsp3) is 0.462. The van der Waals surface area contributed by atoms with E-state index in [4.69, 9.17) is 11.6 Å². The number of imide groups is 1. The van der Waals surface area contributed by atoms with Gasteiger partial charge in [0.25, 0.3) is 11.1 Å². The van der Waals surface area contributed by atoms with E-state index >= 15 is 0 Å². The molecular formula is C13H13ClN2O3S2. The Balaban J connectivity index is 1.61. The van der Waals surface area contributed by atoms with Crippen LogP contribution >= 0.6 is 34.7 Å². The predicted octanol–water partition coefficient (Wildman–Crippen LogP) is 2.70. The molecule has 3 heterocycles. The van der Waals surface area contributed by atoms with E-state index in [1.807, 2.05) is 0 Å². The third-order valence-electron chi connectivity index (χ3n) is 3.69. The van der Waals surface area contributed by atoms with Gasteiger partial charge in [-0.1, -0.05) is 23.4 Å². The lowest BCUT2D eigenvalue weighted by molar-refractivity contribution is -0.126. The summed E-state index contributed by atoms with van der Waals surface area (Å²) in [5.74, 6) is 0.102. The largest absolute Gasteiger partial charge is 0.338 e. The summed E-state index contributed by atoms with van der Waals surface area (Å²) in [5.41, 5.74) is 0. The number of hydrogen-bond donors (Lipinski definition) is 0. The Morgan fingerprint density at radius 3 is 2.48 bits per heavy atom. The van der Waals surface area contributed by atoms with Crippen LogP contribution in [0.5, 0.6) is 0 Å². The van der Waals surface area contributed by atoms with Crippen LogP contribution in [-0.2, 0) is 4.79 Å². The Morgan fingerprint density at radius 2 is 1.95 bits per heavy atom. The molecule has 5 nitrogen and oxygen atoms in total. The molecular weight excluding hydrogens is 332 g/mol. The lowest BCUT2D eigenvalue weighted by Gasteiger charge is -2.35. The molecule has 0 atom stereocenters. The van der Waals surface area contributed by atoms with E-state index in [0.29, 0.717) is 35.1 Å². The van der Waals surface area contributed by atoms with E-state index in [1.54, 1.807) is 17.0 Å². The zero-order chi connectivity index (χ0) is 15.0. The number of nitrogens with zero attached hydrogens (tertiary/aromatic N) is 2. The fourth-order valence-corrected chi connectivity index (χ4v) is 4.42. The molecule has 2 saturated heterocycles. The third kappa shape index (κ3) is 2.95. The fourth-order valence-electron chi connectivity index (χ4n) is 2.63. The number of thioether (sulfide) groups is 1. The van der Waals surface area contributed by atoms with Crippen molar-refractivity contribution in [2.45, 2.75) is 18.9 Å². The third-order valence-corrected chi connectivity index (χ3v) is 5.74. The first-order valence-electron chi connectivity index (χ1n) is 6.59. The van der Waals surface area contributed by atoms with Gasteiger partial charge in [0.15, 0.2) is 0 Å². The quantitative estimate of drug-likeness (QED) is 0.827. The number of piperidine rings is 1. The van der Waals surface area contributed by atoms with Crippen LogP contribution in [0, 0.1) is 0 Å². The molecule has 21 heavy (non-hydrogen) atoms. The number of carbonyl (C=O) groups excluding carboxylic acids is 3. The zero-order valence-corrected chi connectivity index (χ0v) is 13.5. The number of hydrogen-bond acceptors (Lipinski definition) is 5. The summed E-state index contributed by atoms with van der Waals surface area (Å²) in [6.07, 6.45) is 1.28. The van der Waals surface area contributed by atoms with Crippen molar-refractivity contribution < 1.29 is 14.4 Å². The normalized spacial score (nSPS) is 20.4. The molecule has 0 spiro atoms. The molecule has 0 bridgehead atoms. The van der Waals surface area contributed by atoms with Gasteiger partial charge in [0.1, 0.15) is 0 Å². The number of rotatable bonds is 2. The minimum absolute atomic E-state index is 0.0289. The number of thiophene rings is 1. The van der Waals surface area contributed by atoms with Gasteiger partial charge in [-0.05, 0) is 25.0 Å². The van der Waals surface area contributed by atoms with Crippen molar-refractivity contribution in [3.63, 3.8) is 0 Å². The molecule has 0 unspecified atom stereocenters. The SMILES string of the molecule is O=C(c1ccc(Cl)s1)N1CCC(N2C(=O)CSC2=O)CC1. The van der Waals surface area contributed by atoms with Gasteiger partial charge in [-0.2, -0.15) is 0 Å². The molecule has 2 aliphatic rings. The maximum absolute atomic E-state index is 12.3. The Bertz CT molecular complexity index is 580. The monoisotopic (exact) mass is 344 g/mol. The summed E-state index contributed by atoms with van der Waals surface area (Å²) in [6, 6.07) is 3.37. The molecule has 0 radical (unpaired) electrons. The van der Waals surface area contributed by atoms with Crippen molar-refractivity contribution in [1.29, 1.82) is 0 Å². The van der Waals surface area contributed by atoms with E-state index in [1.165, 1.54) is 16.2 Å². The molecule has 8 heteroatoms. The first-order valence-corrected chi connectivity index (χ1v) is 8.77. The first-order chi connectivity index (χ1) is 10.1. The molecule has 0 aliphatic carbocycles. The van der Waals surface area contributed by atoms with Gasteiger partial charge in [-0.25, -0.2) is 0 Å².